The molecule has 0 spiro atoms. The molecule has 0 bridgehead atoms. The van der Waals surface area contributed by atoms with Gasteiger partial charge >= 0.3 is 0 Å². The normalized spacial score (nSPS) is 10.5. The zero-order chi connectivity index (χ0) is 10.8. The van der Waals surface area contributed by atoms with Gasteiger partial charge in [-0.25, -0.2) is 0 Å². The quantitative estimate of drug-likeness (QED) is 0.610. The Morgan fingerprint density at radius 2 is 1.69 bits per heavy atom. The van der Waals surface area contributed by atoms with Gasteiger partial charge in [0.1, 0.15) is 0 Å². The van der Waals surface area contributed by atoms with Crippen molar-refractivity contribution in [1.29, 1.82) is 0 Å². The van der Waals surface area contributed by atoms with Crippen molar-refractivity contribution in [3.63, 3.8) is 0 Å². The monoisotopic (exact) mass is 206 g/mol. The van der Waals surface area contributed by atoms with Crippen LogP contribution >= 0.6 is 0 Å². The Labute approximate surface area is 93.6 Å². The number of pyridine rings is 2. The summed E-state index contributed by atoms with van der Waals surface area (Å²) >= 11 is 0. The van der Waals surface area contributed by atoms with E-state index < -0.39 is 0 Å². The maximum Gasteiger partial charge on any atom is 0.0723 e. The SMILES string of the molecule is c1cncc(-c2cc3ccccc3cn2)c1. The first kappa shape index (κ1) is 9.04. The van der Waals surface area contributed by atoms with Crippen molar-refractivity contribution in [3.8, 4) is 11.3 Å². The molecule has 1 aromatic carbocycles. The van der Waals surface area contributed by atoms with Crippen LogP contribution in [0.4, 0.5) is 0 Å². The number of rotatable bonds is 1. The molecule has 2 heteroatoms. The van der Waals surface area contributed by atoms with Crippen LogP contribution in [-0.2, 0) is 0 Å². The zero-order valence-electron chi connectivity index (χ0n) is 8.67. The largest absolute Gasteiger partial charge is 0.264 e. The molecular weight excluding hydrogens is 196 g/mol. The number of fused-ring (bicyclic) bond motifs is 1. The van der Waals surface area contributed by atoms with Gasteiger partial charge in [-0.05, 0) is 23.6 Å². The van der Waals surface area contributed by atoms with Crippen LogP contribution in [0.2, 0.25) is 0 Å². The maximum atomic E-state index is 4.44. The number of hydrogen-bond acceptors (Lipinski definition) is 2. The fourth-order valence-corrected chi connectivity index (χ4v) is 1.76. The summed E-state index contributed by atoms with van der Waals surface area (Å²) < 4.78 is 0. The zero-order valence-corrected chi connectivity index (χ0v) is 8.67. The number of benzene rings is 1. The average molecular weight is 206 g/mol. The van der Waals surface area contributed by atoms with E-state index in [0.29, 0.717) is 0 Å². The molecule has 76 valence electrons. The van der Waals surface area contributed by atoms with Gasteiger partial charge in [-0.1, -0.05) is 24.3 Å². The van der Waals surface area contributed by atoms with E-state index in [9.17, 15) is 0 Å². The Morgan fingerprint density at radius 3 is 2.50 bits per heavy atom. The van der Waals surface area contributed by atoms with Crippen LogP contribution in [0.5, 0.6) is 0 Å². The van der Waals surface area contributed by atoms with Crippen molar-refractivity contribution >= 4 is 10.8 Å². The molecule has 2 nitrogen and oxygen atoms in total. The fourth-order valence-electron chi connectivity index (χ4n) is 1.76. The van der Waals surface area contributed by atoms with Gasteiger partial charge in [0.25, 0.3) is 0 Å². The molecule has 2 aromatic heterocycles. The molecule has 0 aliphatic carbocycles. The molecule has 0 aliphatic heterocycles. The highest BCUT2D eigenvalue weighted by molar-refractivity contribution is 5.84. The highest BCUT2D eigenvalue weighted by atomic mass is 14.7. The lowest BCUT2D eigenvalue weighted by Gasteiger charge is -2.02. The Kier molecular flexibility index (Phi) is 2.11. The highest BCUT2D eigenvalue weighted by Gasteiger charge is 1.99. The van der Waals surface area contributed by atoms with Crippen molar-refractivity contribution in [2.24, 2.45) is 0 Å². The van der Waals surface area contributed by atoms with Crippen LogP contribution in [0.25, 0.3) is 22.0 Å². The van der Waals surface area contributed by atoms with Gasteiger partial charge in [0, 0.05) is 29.5 Å². The Balaban J connectivity index is 2.19. The molecule has 0 saturated carbocycles. The molecule has 3 rings (SSSR count). The smallest absolute Gasteiger partial charge is 0.0723 e. The van der Waals surface area contributed by atoms with Crippen LogP contribution in [0.1, 0.15) is 0 Å². The lowest BCUT2D eigenvalue weighted by atomic mass is 10.1. The predicted molar refractivity (Wildman–Crippen MR) is 65.0 cm³/mol. The molecule has 0 atom stereocenters. The Morgan fingerprint density at radius 1 is 0.812 bits per heavy atom. The fraction of sp³-hybridized carbons (Fsp3) is 0. The molecule has 0 unspecified atom stereocenters. The van der Waals surface area contributed by atoms with Crippen LogP contribution in [0, 0.1) is 0 Å². The first-order valence-electron chi connectivity index (χ1n) is 5.19. The summed E-state index contributed by atoms with van der Waals surface area (Å²) in [5.41, 5.74) is 2.01. The van der Waals surface area contributed by atoms with Gasteiger partial charge in [0.15, 0.2) is 0 Å². The number of hydrogen-bond donors (Lipinski definition) is 0. The molecular formula is C14H10N2. The maximum absolute atomic E-state index is 4.44. The Bertz CT molecular complexity index is 618. The Hall–Kier alpha value is -2.22. The minimum Gasteiger partial charge on any atom is -0.264 e. The van der Waals surface area contributed by atoms with Crippen molar-refractivity contribution in [1.82, 2.24) is 9.97 Å². The van der Waals surface area contributed by atoms with Crippen LogP contribution < -0.4 is 0 Å². The molecule has 3 aromatic rings. The summed E-state index contributed by atoms with van der Waals surface area (Å²) in [6.07, 6.45) is 5.50. The van der Waals surface area contributed by atoms with Gasteiger partial charge in [0.2, 0.25) is 0 Å². The molecule has 0 aliphatic rings. The standard InChI is InChI=1S/C14H10N2/c1-2-5-12-10-16-14(8-11(12)4-1)13-6-3-7-15-9-13/h1-10H. The number of aromatic nitrogens is 2. The molecule has 0 saturated heterocycles. The first-order valence-corrected chi connectivity index (χ1v) is 5.19. The second kappa shape index (κ2) is 3.74. The summed E-state index contributed by atoms with van der Waals surface area (Å²) in [5, 5.41) is 2.37. The van der Waals surface area contributed by atoms with Crippen LogP contribution in [-0.4, -0.2) is 9.97 Å². The summed E-state index contributed by atoms with van der Waals surface area (Å²) in [6.45, 7) is 0. The van der Waals surface area contributed by atoms with Crippen molar-refractivity contribution in [2.75, 3.05) is 0 Å². The third-order valence-electron chi connectivity index (χ3n) is 2.59. The number of nitrogens with zero attached hydrogens (tertiary/aromatic N) is 2. The predicted octanol–water partition coefficient (Wildman–Crippen LogP) is 3.30. The molecule has 2 heterocycles. The topological polar surface area (TPSA) is 25.8 Å². The molecule has 0 amide bonds. The van der Waals surface area contributed by atoms with Crippen molar-refractivity contribution < 1.29 is 0 Å². The molecule has 16 heavy (non-hydrogen) atoms. The third-order valence-corrected chi connectivity index (χ3v) is 2.59. The van der Waals surface area contributed by atoms with Crippen LogP contribution in [0.3, 0.4) is 0 Å². The second-order valence-electron chi connectivity index (χ2n) is 3.66. The lowest BCUT2D eigenvalue weighted by Crippen LogP contribution is -1.84. The minimum absolute atomic E-state index is 0.965. The lowest BCUT2D eigenvalue weighted by molar-refractivity contribution is 1.29. The van der Waals surface area contributed by atoms with Gasteiger partial charge in [-0.2, -0.15) is 0 Å². The molecule has 0 fully saturated rings. The van der Waals surface area contributed by atoms with Gasteiger partial charge in [-0.3, -0.25) is 9.97 Å². The highest BCUT2D eigenvalue weighted by Crippen LogP contribution is 2.20. The molecule has 0 N–H and O–H groups in total. The summed E-state index contributed by atoms with van der Waals surface area (Å²) in [4.78, 5) is 8.54. The first-order chi connectivity index (χ1) is 7.93. The van der Waals surface area contributed by atoms with E-state index in [1.165, 1.54) is 5.39 Å². The van der Waals surface area contributed by atoms with E-state index in [1.54, 1.807) is 6.20 Å². The van der Waals surface area contributed by atoms with Crippen LogP contribution in [0.15, 0.2) is 61.1 Å². The van der Waals surface area contributed by atoms with Gasteiger partial charge < -0.3 is 0 Å². The van der Waals surface area contributed by atoms with E-state index in [2.05, 4.69) is 28.2 Å². The van der Waals surface area contributed by atoms with Gasteiger partial charge in [-0.15, -0.1) is 0 Å². The average Bonchev–Trinajstić information content (AvgIpc) is 2.39. The van der Waals surface area contributed by atoms with E-state index in [4.69, 9.17) is 0 Å². The summed E-state index contributed by atoms with van der Waals surface area (Å²) in [5.74, 6) is 0. The summed E-state index contributed by atoms with van der Waals surface area (Å²) in [6, 6.07) is 14.2. The van der Waals surface area contributed by atoms with E-state index in [0.717, 1.165) is 16.6 Å². The minimum atomic E-state index is 0.965. The van der Waals surface area contributed by atoms with Crippen molar-refractivity contribution in [3.05, 3.63) is 61.1 Å². The second-order valence-corrected chi connectivity index (χ2v) is 3.66. The summed E-state index contributed by atoms with van der Waals surface area (Å²) in [7, 11) is 0. The molecule has 0 radical (unpaired) electrons. The van der Waals surface area contributed by atoms with Gasteiger partial charge in [0.05, 0.1) is 5.69 Å². The van der Waals surface area contributed by atoms with Crippen molar-refractivity contribution in [2.45, 2.75) is 0 Å². The van der Waals surface area contributed by atoms with E-state index >= 15 is 0 Å². The van der Waals surface area contributed by atoms with E-state index in [1.807, 2.05) is 36.7 Å². The third kappa shape index (κ3) is 1.54. The van der Waals surface area contributed by atoms with E-state index in [-0.39, 0.29) is 0 Å².